The van der Waals surface area contributed by atoms with E-state index in [0.717, 1.165) is 15.6 Å². The maximum atomic E-state index is 13.4. The third kappa shape index (κ3) is 3.82. The van der Waals surface area contributed by atoms with Crippen LogP contribution in [0.2, 0.25) is 0 Å². The number of ether oxygens (including phenoxy) is 1. The lowest BCUT2D eigenvalue weighted by atomic mass is 10.1. The van der Waals surface area contributed by atoms with Crippen molar-refractivity contribution in [2.75, 3.05) is 12.4 Å². The average molecular weight is 352 g/mol. The highest BCUT2D eigenvalue weighted by Gasteiger charge is 2.12. The molecule has 0 bridgehead atoms. The Bertz CT molecular complexity index is 673. The largest absolute Gasteiger partial charge is 0.465 e. The molecule has 0 amide bonds. The van der Waals surface area contributed by atoms with E-state index in [1.54, 1.807) is 0 Å². The number of carbonyl (C=O) groups excluding carboxylic acids is 1. The molecule has 0 saturated heterocycles. The van der Waals surface area contributed by atoms with Gasteiger partial charge in [-0.2, -0.15) is 0 Å². The molecular formula is C16H15BrFNO2. The van der Waals surface area contributed by atoms with E-state index < -0.39 is 11.8 Å². The quantitative estimate of drug-likeness (QED) is 0.834. The molecule has 0 aliphatic rings. The number of nitrogens with one attached hydrogen (secondary N) is 1. The lowest BCUT2D eigenvalue weighted by molar-refractivity contribution is 0.0602. The van der Waals surface area contributed by atoms with Crippen LogP contribution in [0.1, 0.15) is 21.5 Å². The second-order valence-corrected chi connectivity index (χ2v) is 5.47. The lowest BCUT2D eigenvalue weighted by Crippen LogP contribution is -2.08. The molecule has 0 unspecified atom stereocenters. The summed E-state index contributed by atoms with van der Waals surface area (Å²) in [7, 11) is 1.30. The Morgan fingerprint density at radius 3 is 2.71 bits per heavy atom. The van der Waals surface area contributed by atoms with Gasteiger partial charge in [0.05, 0.1) is 18.4 Å². The standard InChI is InChI=1S/C16H15BrFNO2/c1-10-7-11(3-6-14(10)17)9-19-15-8-12(18)4-5-13(15)16(20)21-2/h3-8,19H,9H2,1-2H3. The van der Waals surface area contributed by atoms with Gasteiger partial charge in [-0.1, -0.05) is 28.1 Å². The van der Waals surface area contributed by atoms with Crippen molar-refractivity contribution in [1.82, 2.24) is 0 Å². The second-order valence-electron chi connectivity index (χ2n) is 4.62. The van der Waals surface area contributed by atoms with E-state index in [1.807, 2.05) is 25.1 Å². The number of benzene rings is 2. The first-order chi connectivity index (χ1) is 10.0. The summed E-state index contributed by atoms with van der Waals surface area (Å²) in [5.74, 6) is -0.901. The molecular weight excluding hydrogens is 337 g/mol. The van der Waals surface area contributed by atoms with Gasteiger partial charge < -0.3 is 10.1 Å². The zero-order valence-electron chi connectivity index (χ0n) is 11.7. The average Bonchev–Trinajstić information content (AvgIpc) is 2.48. The summed E-state index contributed by atoms with van der Waals surface area (Å²) in [6, 6.07) is 9.88. The van der Waals surface area contributed by atoms with Crippen LogP contribution in [-0.2, 0) is 11.3 Å². The zero-order chi connectivity index (χ0) is 15.4. The first-order valence-electron chi connectivity index (χ1n) is 6.38. The summed E-state index contributed by atoms with van der Waals surface area (Å²) in [6.45, 7) is 2.48. The fraction of sp³-hybridized carbons (Fsp3) is 0.188. The van der Waals surface area contributed by atoms with Crippen LogP contribution >= 0.6 is 15.9 Å². The minimum atomic E-state index is -0.496. The molecule has 0 heterocycles. The van der Waals surface area contributed by atoms with E-state index >= 15 is 0 Å². The predicted molar refractivity (Wildman–Crippen MR) is 83.9 cm³/mol. The number of anilines is 1. The Balaban J connectivity index is 2.20. The number of hydrogen-bond donors (Lipinski definition) is 1. The van der Waals surface area contributed by atoms with E-state index in [4.69, 9.17) is 4.74 Å². The van der Waals surface area contributed by atoms with Crippen LogP contribution in [0, 0.1) is 12.7 Å². The van der Waals surface area contributed by atoms with Gasteiger partial charge in [0, 0.05) is 11.0 Å². The van der Waals surface area contributed by atoms with Crippen molar-refractivity contribution in [3.05, 3.63) is 63.4 Å². The normalized spacial score (nSPS) is 10.3. The third-order valence-corrected chi connectivity index (χ3v) is 3.98. The predicted octanol–water partition coefficient (Wildman–Crippen LogP) is 4.30. The maximum absolute atomic E-state index is 13.4. The molecule has 2 rings (SSSR count). The van der Waals surface area contributed by atoms with E-state index in [1.165, 1.54) is 25.3 Å². The molecule has 0 aliphatic carbocycles. The Hall–Kier alpha value is -1.88. The van der Waals surface area contributed by atoms with Crippen LogP contribution < -0.4 is 5.32 Å². The van der Waals surface area contributed by atoms with Crippen molar-refractivity contribution in [3.63, 3.8) is 0 Å². The fourth-order valence-electron chi connectivity index (χ4n) is 1.96. The van der Waals surface area contributed by atoms with Crippen LogP contribution in [0.5, 0.6) is 0 Å². The van der Waals surface area contributed by atoms with Gasteiger partial charge >= 0.3 is 5.97 Å². The highest BCUT2D eigenvalue weighted by atomic mass is 79.9. The van der Waals surface area contributed by atoms with Gasteiger partial charge in [0.1, 0.15) is 5.82 Å². The van der Waals surface area contributed by atoms with Crippen molar-refractivity contribution in [1.29, 1.82) is 0 Å². The smallest absolute Gasteiger partial charge is 0.339 e. The van der Waals surface area contributed by atoms with Crippen molar-refractivity contribution < 1.29 is 13.9 Å². The molecule has 21 heavy (non-hydrogen) atoms. The van der Waals surface area contributed by atoms with Gasteiger partial charge in [-0.3, -0.25) is 0 Å². The minimum Gasteiger partial charge on any atom is -0.465 e. The Morgan fingerprint density at radius 1 is 1.29 bits per heavy atom. The Labute approximate surface area is 131 Å². The van der Waals surface area contributed by atoms with E-state index in [2.05, 4.69) is 21.2 Å². The molecule has 110 valence electrons. The number of rotatable bonds is 4. The van der Waals surface area contributed by atoms with Crippen LogP contribution in [0.3, 0.4) is 0 Å². The van der Waals surface area contributed by atoms with Gasteiger partial charge in [0.15, 0.2) is 0 Å². The fourth-order valence-corrected chi connectivity index (χ4v) is 2.21. The van der Waals surface area contributed by atoms with E-state index in [-0.39, 0.29) is 0 Å². The van der Waals surface area contributed by atoms with Crippen molar-refractivity contribution in [3.8, 4) is 0 Å². The summed E-state index contributed by atoms with van der Waals surface area (Å²) in [5, 5.41) is 3.08. The molecule has 2 aromatic carbocycles. The molecule has 0 radical (unpaired) electrons. The van der Waals surface area contributed by atoms with Crippen LogP contribution in [0.15, 0.2) is 40.9 Å². The van der Waals surface area contributed by atoms with Gasteiger partial charge in [0.2, 0.25) is 0 Å². The van der Waals surface area contributed by atoms with Gasteiger partial charge in [0.25, 0.3) is 0 Å². The highest BCUT2D eigenvalue weighted by Crippen LogP contribution is 2.21. The summed E-state index contributed by atoms with van der Waals surface area (Å²) in [6.07, 6.45) is 0. The van der Waals surface area contributed by atoms with Gasteiger partial charge in [-0.05, 0) is 42.3 Å². The molecule has 0 atom stereocenters. The molecule has 5 heteroatoms. The molecule has 1 N–H and O–H groups in total. The first-order valence-corrected chi connectivity index (χ1v) is 7.17. The third-order valence-electron chi connectivity index (χ3n) is 3.09. The number of esters is 1. The van der Waals surface area contributed by atoms with Crippen molar-refractivity contribution in [2.45, 2.75) is 13.5 Å². The molecule has 3 nitrogen and oxygen atoms in total. The van der Waals surface area contributed by atoms with E-state index in [0.29, 0.717) is 17.8 Å². The molecule has 0 aromatic heterocycles. The zero-order valence-corrected chi connectivity index (χ0v) is 13.3. The Morgan fingerprint density at radius 2 is 2.05 bits per heavy atom. The minimum absolute atomic E-state index is 0.313. The van der Waals surface area contributed by atoms with Crippen LogP contribution in [0.4, 0.5) is 10.1 Å². The Kier molecular flexibility index (Phi) is 4.96. The van der Waals surface area contributed by atoms with Crippen LogP contribution in [0.25, 0.3) is 0 Å². The topological polar surface area (TPSA) is 38.3 Å². The summed E-state index contributed by atoms with van der Waals surface area (Å²) < 4.78 is 19.1. The number of aryl methyl sites for hydroxylation is 1. The number of halogens is 2. The molecule has 0 saturated carbocycles. The second kappa shape index (κ2) is 6.72. The van der Waals surface area contributed by atoms with E-state index in [9.17, 15) is 9.18 Å². The molecule has 0 fully saturated rings. The van der Waals surface area contributed by atoms with Crippen molar-refractivity contribution in [2.24, 2.45) is 0 Å². The molecule has 0 aliphatic heterocycles. The monoisotopic (exact) mass is 351 g/mol. The first kappa shape index (κ1) is 15.5. The number of carbonyl (C=O) groups is 1. The summed E-state index contributed by atoms with van der Waals surface area (Å²) >= 11 is 3.44. The highest BCUT2D eigenvalue weighted by molar-refractivity contribution is 9.10. The van der Waals surface area contributed by atoms with Crippen LogP contribution in [-0.4, -0.2) is 13.1 Å². The summed E-state index contributed by atoms with van der Waals surface area (Å²) in [5.41, 5.74) is 2.88. The number of hydrogen-bond acceptors (Lipinski definition) is 3. The maximum Gasteiger partial charge on any atom is 0.339 e. The van der Waals surface area contributed by atoms with Gasteiger partial charge in [-0.25, -0.2) is 9.18 Å². The SMILES string of the molecule is COC(=O)c1ccc(F)cc1NCc1ccc(Br)c(C)c1. The molecule has 0 spiro atoms. The van der Waals surface area contributed by atoms with Gasteiger partial charge in [-0.15, -0.1) is 0 Å². The molecule has 2 aromatic rings. The summed E-state index contributed by atoms with van der Waals surface area (Å²) in [4.78, 5) is 11.7. The van der Waals surface area contributed by atoms with Crippen molar-refractivity contribution >= 4 is 27.6 Å². The number of methoxy groups -OCH3 is 1. The lowest BCUT2D eigenvalue weighted by Gasteiger charge is -2.12.